The summed E-state index contributed by atoms with van der Waals surface area (Å²) in [5, 5.41) is 17.3. The molecule has 28 heavy (non-hydrogen) atoms. The van der Waals surface area contributed by atoms with Crippen molar-refractivity contribution in [3.8, 4) is 0 Å². The lowest BCUT2D eigenvalue weighted by Gasteiger charge is -2.10. The van der Waals surface area contributed by atoms with E-state index in [4.69, 9.17) is 11.6 Å². The number of nitrogens with one attached hydrogen (secondary N) is 1. The highest BCUT2D eigenvalue weighted by atomic mass is 35.5. The van der Waals surface area contributed by atoms with Gasteiger partial charge in [-0.3, -0.25) is 4.79 Å². The quantitative estimate of drug-likeness (QED) is 0.565. The minimum absolute atomic E-state index is 0.107. The van der Waals surface area contributed by atoms with Crippen molar-refractivity contribution in [3.05, 3.63) is 52.9 Å². The van der Waals surface area contributed by atoms with Crippen LogP contribution in [0.4, 0.5) is 5.82 Å². The molecular weight excluding hydrogens is 396 g/mol. The van der Waals surface area contributed by atoms with Gasteiger partial charge in [-0.25, -0.2) is 4.68 Å². The van der Waals surface area contributed by atoms with Crippen molar-refractivity contribution < 1.29 is 4.79 Å². The maximum atomic E-state index is 12.5. The van der Waals surface area contributed by atoms with Crippen LogP contribution in [0.3, 0.4) is 0 Å². The third-order valence-electron chi connectivity index (χ3n) is 4.60. The molecule has 0 atom stereocenters. The molecule has 0 aliphatic heterocycles. The summed E-state index contributed by atoms with van der Waals surface area (Å²) in [7, 11) is 0. The molecule has 1 saturated carbocycles. The second-order valence-corrected chi connectivity index (χ2v) is 8.01. The van der Waals surface area contributed by atoms with E-state index < -0.39 is 0 Å². The van der Waals surface area contributed by atoms with Crippen LogP contribution in [0.1, 0.15) is 37.1 Å². The molecule has 0 radical (unpaired) electrons. The molecular formula is C19H21ClN6OS. The van der Waals surface area contributed by atoms with Gasteiger partial charge < -0.3 is 9.88 Å². The average Bonchev–Trinajstić information content (AvgIpc) is 3.32. The third kappa shape index (κ3) is 4.23. The van der Waals surface area contributed by atoms with E-state index in [1.54, 1.807) is 16.9 Å². The highest BCUT2D eigenvalue weighted by Gasteiger charge is 2.30. The zero-order valence-corrected chi connectivity index (χ0v) is 17.1. The molecule has 1 N–H and O–H groups in total. The zero-order chi connectivity index (χ0) is 19.5. The summed E-state index contributed by atoms with van der Waals surface area (Å²) in [6.07, 6.45) is 4.02. The van der Waals surface area contributed by atoms with Gasteiger partial charge in [-0.2, -0.15) is 5.10 Å². The van der Waals surface area contributed by atoms with Gasteiger partial charge in [-0.05, 0) is 31.4 Å². The summed E-state index contributed by atoms with van der Waals surface area (Å²) in [6, 6.07) is 9.38. The minimum Gasteiger partial charge on any atom is -0.310 e. The number of benzene rings is 1. The van der Waals surface area contributed by atoms with Gasteiger partial charge in [0.25, 0.3) is 0 Å². The molecule has 0 saturated heterocycles. The fourth-order valence-corrected chi connectivity index (χ4v) is 4.01. The molecule has 146 valence electrons. The molecule has 7 nitrogen and oxygen atoms in total. The van der Waals surface area contributed by atoms with E-state index in [-0.39, 0.29) is 11.7 Å². The number of thioether (sulfide) groups is 1. The van der Waals surface area contributed by atoms with Crippen LogP contribution in [0, 0.1) is 0 Å². The Labute approximate surface area is 172 Å². The number of anilines is 1. The number of rotatable bonds is 8. The summed E-state index contributed by atoms with van der Waals surface area (Å²) in [6.45, 7) is 3.38. The number of aromatic nitrogens is 5. The summed E-state index contributed by atoms with van der Waals surface area (Å²) in [5.41, 5.74) is 0.946. The van der Waals surface area contributed by atoms with Gasteiger partial charge in [0.15, 0.2) is 5.16 Å². The van der Waals surface area contributed by atoms with Crippen LogP contribution in [0.2, 0.25) is 5.02 Å². The molecule has 1 amide bonds. The fourth-order valence-electron chi connectivity index (χ4n) is 3.01. The number of amides is 1. The largest absolute Gasteiger partial charge is 0.310 e. The number of halogens is 1. The van der Waals surface area contributed by atoms with Gasteiger partial charge in [0.2, 0.25) is 5.91 Å². The second-order valence-electron chi connectivity index (χ2n) is 6.66. The van der Waals surface area contributed by atoms with Crippen molar-refractivity contribution in [3.63, 3.8) is 0 Å². The van der Waals surface area contributed by atoms with E-state index in [2.05, 4.69) is 32.1 Å². The van der Waals surface area contributed by atoms with E-state index in [9.17, 15) is 4.79 Å². The Hall–Kier alpha value is -2.32. The van der Waals surface area contributed by atoms with E-state index in [0.717, 1.165) is 23.1 Å². The van der Waals surface area contributed by atoms with Gasteiger partial charge in [-0.15, -0.1) is 10.2 Å². The zero-order valence-electron chi connectivity index (χ0n) is 15.5. The Kier molecular flexibility index (Phi) is 5.68. The molecule has 2 heterocycles. The van der Waals surface area contributed by atoms with Gasteiger partial charge in [-0.1, -0.05) is 41.6 Å². The lowest BCUT2D eigenvalue weighted by atomic mass is 10.2. The molecule has 1 aliphatic carbocycles. The Balaban J connectivity index is 1.37. The average molecular weight is 417 g/mol. The molecule has 1 aliphatic rings. The summed E-state index contributed by atoms with van der Waals surface area (Å²) in [5.74, 6) is 2.38. The van der Waals surface area contributed by atoms with E-state index >= 15 is 0 Å². The van der Waals surface area contributed by atoms with Gasteiger partial charge >= 0.3 is 0 Å². The van der Waals surface area contributed by atoms with Crippen LogP contribution in [0.15, 0.2) is 41.7 Å². The van der Waals surface area contributed by atoms with Crippen molar-refractivity contribution in [2.45, 2.75) is 43.9 Å². The molecule has 0 spiro atoms. The van der Waals surface area contributed by atoms with E-state index in [1.165, 1.54) is 24.6 Å². The van der Waals surface area contributed by atoms with Crippen LogP contribution in [0.25, 0.3) is 0 Å². The van der Waals surface area contributed by atoms with Crippen molar-refractivity contribution in [1.82, 2.24) is 24.5 Å². The highest BCUT2D eigenvalue weighted by Crippen LogP contribution is 2.39. The summed E-state index contributed by atoms with van der Waals surface area (Å²) < 4.78 is 3.83. The van der Waals surface area contributed by atoms with Crippen LogP contribution in [-0.2, 0) is 17.9 Å². The number of hydrogen-bond acceptors (Lipinski definition) is 5. The van der Waals surface area contributed by atoms with Crippen LogP contribution < -0.4 is 5.32 Å². The van der Waals surface area contributed by atoms with Crippen molar-refractivity contribution in [2.24, 2.45) is 0 Å². The van der Waals surface area contributed by atoms with Crippen molar-refractivity contribution >= 4 is 35.1 Å². The molecule has 4 rings (SSSR count). The Morgan fingerprint density at radius 3 is 2.86 bits per heavy atom. The first-order valence-electron chi connectivity index (χ1n) is 9.26. The SMILES string of the molecule is CCn1c(SCC(=O)Nc2ccnn2Cc2ccccc2Cl)nnc1C1CC1. The number of hydrogen-bond donors (Lipinski definition) is 1. The Morgan fingerprint density at radius 1 is 1.29 bits per heavy atom. The molecule has 1 fully saturated rings. The summed E-state index contributed by atoms with van der Waals surface area (Å²) >= 11 is 7.63. The Morgan fingerprint density at radius 2 is 2.11 bits per heavy atom. The highest BCUT2D eigenvalue weighted by molar-refractivity contribution is 7.99. The van der Waals surface area contributed by atoms with Crippen LogP contribution >= 0.6 is 23.4 Å². The number of nitrogens with zero attached hydrogens (tertiary/aromatic N) is 5. The maximum absolute atomic E-state index is 12.5. The molecule has 0 bridgehead atoms. The smallest absolute Gasteiger partial charge is 0.235 e. The monoisotopic (exact) mass is 416 g/mol. The predicted octanol–water partition coefficient (Wildman–Crippen LogP) is 3.80. The molecule has 0 unspecified atom stereocenters. The molecule has 2 aromatic heterocycles. The summed E-state index contributed by atoms with van der Waals surface area (Å²) in [4.78, 5) is 12.5. The first-order valence-corrected chi connectivity index (χ1v) is 10.6. The van der Waals surface area contributed by atoms with Gasteiger partial charge in [0.1, 0.15) is 11.6 Å². The molecule has 1 aromatic carbocycles. The minimum atomic E-state index is -0.107. The lowest BCUT2D eigenvalue weighted by Crippen LogP contribution is -2.18. The molecule has 9 heteroatoms. The second kappa shape index (κ2) is 8.36. The maximum Gasteiger partial charge on any atom is 0.235 e. The number of carbonyl (C=O) groups excluding carboxylic acids is 1. The van der Waals surface area contributed by atoms with Crippen LogP contribution in [-0.4, -0.2) is 36.2 Å². The fraction of sp³-hybridized carbons (Fsp3) is 0.368. The normalized spacial score (nSPS) is 13.6. The van der Waals surface area contributed by atoms with Crippen molar-refractivity contribution in [2.75, 3.05) is 11.1 Å². The first kappa shape index (κ1) is 19.0. The third-order valence-corrected chi connectivity index (χ3v) is 5.93. The topological polar surface area (TPSA) is 77.6 Å². The van der Waals surface area contributed by atoms with Crippen LogP contribution in [0.5, 0.6) is 0 Å². The first-order chi connectivity index (χ1) is 13.7. The molecule has 3 aromatic rings. The van der Waals surface area contributed by atoms with E-state index in [0.29, 0.717) is 23.3 Å². The standard InChI is InChI=1S/C19H21ClN6OS/c1-2-25-18(13-7-8-13)23-24-19(25)28-12-17(27)22-16-9-10-21-26(16)11-14-5-3-4-6-15(14)20/h3-6,9-10,13H,2,7-8,11-12H2,1H3,(H,22,27). The predicted molar refractivity (Wildman–Crippen MR) is 110 cm³/mol. The Bertz CT molecular complexity index is 980. The van der Waals surface area contributed by atoms with Gasteiger partial charge in [0, 0.05) is 23.6 Å². The lowest BCUT2D eigenvalue weighted by molar-refractivity contribution is -0.113. The van der Waals surface area contributed by atoms with Gasteiger partial charge in [0.05, 0.1) is 18.5 Å². The number of carbonyl (C=O) groups is 1. The van der Waals surface area contributed by atoms with Crippen molar-refractivity contribution in [1.29, 1.82) is 0 Å². The van der Waals surface area contributed by atoms with E-state index in [1.807, 2.05) is 24.3 Å².